The van der Waals surface area contributed by atoms with Gasteiger partial charge in [0, 0.05) is 24.6 Å². The third kappa shape index (κ3) is 5.60. The number of esters is 1. The normalized spacial score (nSPS) is 11.8. The highest BCUT2D eigenvalue weighted by molar-refractivity contribution is 7.98. The lowest BCUT2D eigenvalue weighted by Crippen LogP contribution is -2.36. The fourth-order valence-electron chi connectivity index (χ4n) is 1.96. The van der Waals surface area contributed by atoms with Gasteiger partial charge in [-0.25, -0.2) is 9.78 Å². The van der Waals surface area contributed by atoms with E-state index in [9.17, 15) is 9.59 Å². The Hall–Kier alpha value is -2.35. The summed E-state index contributed by atoms with van der Waals surface area (Å²) < 4.78 is 10.3. The molecule has 0 saturated carbocycles. The van der Waals surface area contributed by atoms with E-state index in [1.807, 2.05) is 19.9 Å². The number of hydrogen-bond donors (Lipinski definition) is 1. The highest BCUT2D eigenvalue weighted by atomic mass is 32.2. The molecular weight excluding hydrogens is 342 g/mol. The summed E-state index contributed by atoms with van der Waals surface area (Å²) in [7, 11) is 0. The summed E-state index contributed by atoms with van der Waals surface area (Å²) in [6.07, 6.45) is 1.55. The first kappa shape index (κ1) is 19.0. The van der Waals surface area contributed by atoms with E-state index in [0.717, 1.165) is 17.9 Å². The predicted molar refractivity (Wildman–Crippen MR) is 93.2 cm³/mol. The van der Waals surface area contributed by atoms with E-state index in [0.29, 0.717) is 22.9 Å². The molecule has 0 bridgehead atoms. The fourth-order valence-corrected chi connectivity index (χ4v) is 2.82. The predicted octanol–water partition coefficient (Wildman–Crippen LogP) is 2.74. The molecule has 2 rings (SSSR count). The van der Waals surface area contributed by atoms with Crippen LogP contribution in [0.15, 0.2) is 33.9 Å². The molecule has 1 unspecified atom stereocenters. The maximum absolute atomic E-state index is 12.4. The largest absolute Gasteiger partial charge is 0.449 e. The van der Waals surface area contributed by atoms with Gasteiger partial charge in [0.05, 0.1) is 11.3 Å². The molecule has 0 aliphatic heterocycles. The number of carbonyl (C=O) groups is 2. The molecule has 1 N–H and O–H groups in total. The molecule has 8 heteroatoms. The second-order valence-electron chi connectivity index (χ2n) is 5.41. The van der Waals surface area contributed by atoms with Crippen molar-refractivity contribution in [1.29, 1.82) is 0 Å². The number of carbonyl (C=O) groups excluding carboxylic acids is 2. The fraction of sp³-hybridized carbons (Fsp3) is 0.412. The van der Waals surface area contributed by atoms with Gasteiger partial charge in [0.1, 0.15) is 10.8 Å². The average Bonchev–Trinajstić information content (AvgIpc) is 3.03. The number of hydrogen-bond acceptors (Lipinski definition) is 7. The Bertz CT molecular complexity index is 732. The summed E-state index contributed by atoms with van der Waals surface area (Å²) in [6, 6.07) is 5.11. The van der Waals surface area contributed by atoms with Crippen molar-refractivity contribution >= 4 is 23.6 Å². The van der Waals surface area contributed by atoms with Crippen LogP contribution in [0.2, 0.25) is 0 Å². The van der Waals surface area contributed by atoms with Crippen molar-refractivity contribution in [2.45, 2.75) is 44.1 Å². The zero-order valence-corrected chi connectivity index (χ0v) is 15.3. The Labute approximate surface area is 150 Å². The molecule has 0 spiro atoms. The van der Waals surface area contributed by atoms with Crippen LogP contribution in [0.3, 0.4) is 0 Å². The lowest BCUT2D eigenvalue weighted by Gasteiger charge is -2.14. The van der Waals surface area contributed by atoms with Gasteiger partial charge in [0.15, 0.2) is 6.10 Å². The van der Waals surface area contributed by atoms with Crippen LogP contribution in [0.5, 0.6) is 0 Å². The van der Waals surface area contributed by atoms with Gasteiger partial charge in [0.25, 0.3) is 5.91 Å². The van der Waals surface area contributed by atoms with Gasteiger partial charge >= 0.3 is 5.97 Å². The number of thioether (sulfide) groups is 1. The number of ether oxygens (including phenoxy) is 1. The minimum absolute atomic E-state index is 0.314. The van der Waals surface area contributed by atoms with Gasteiger partial charge in [-0.3, -0.25) is 4.79 Å². The summed E-state index contributed by atoms with van der Waals surface area (Å²) in [5, 5.41) is 7.13. The molecule has 134 valence electrons. The van der Waals surface area contributed by atoms with Gasteiger partial charge in [-0.05, 0) is 32.4 Å². The van der Waals surface area contributed by atoms with E-state index in [2.05, 4.69) is 15.5 Å². The van der Waals surface area contributed by atoms with Crippen LogP contribution in [0.1, 0.15) is 42.1 Å². The monoisotopic (exact) mass is 363 g/mol. The maximum Gasteiger partial charge on any atom is 0.341 e. The van der Waals surface area contributed by atoms with E-state index >= 15 is 0 Å². The van der Waals surface area contributed by atoms with Crippen LogP contribution in [-0.2, 0) is 15.3 Å². The molecule has 0 radical (unpaired) electrons. The highest BCUT2D eigenvalue weighted by Crippen LogP contribution is 2.24. The molecule has 0 aromatic carbocycles. The van der Waals surface area contributed by atoms with E-state index in [-0.39, 0.29) is 5.91 Å². The molecule has 7 nitrogen and oxygen atoms in total. The molecule has 2 heterocycles. The molecule has 1 atom stereocenters. The van der Waals surface area contributed by atoms with E-state index in [1.165, 1.54) is 11.8 Å². The Kier molecular flexibility index (Phi) is 7.00. The summed E-state index contributed by atoms with van der Waals surface area (Å²) in [4.78, 5) is 28.4. The van der Waals surface area contributed by atoms with Gasteiger partial charge in [0.2, 0.25) is 0 Å². The first-order valence-corrected chi connectivity index (χ1v) is 8.98. The molecule has 0 saturated heterocycles. The zero-order chi connectivity index (χ0) is 18.2. The smallest absolute Gasteiger partial charge is 0.341 e. The van der Waals surface area contributed by atoms with Crippen LogP contribution in [0, 0.1) is 6.92 Å². The summed E-state index contributed by atoms with van der Waals surface area (Å²) in [6.45, 7) is 5.86. The Morgan fingerprint density at radius 2 is 2.24 bits per heavy atom. The Balaban J connectivity index is 2.00. The molecule has 0 aliphatic rings. The first-order chi connectivity index (χ1) is 12.0. The third-order valence-corrected chi connectivity index (χ3v) is 4.27. The van der Waals surface area contributed by atoms with Crippen molar-refractivity contribution in [3.8, 4) is 0 Å². The van der Waals surface area contributed by atoms with E-state index in [1.54, 1.807) is 25.3 Å². The molecule has 0 aliphatic carbocycles. The van der Waals surface area contributed by atoms with Crippen LogP contribution in [0.25, 0.3) is 0 Å². The van der Waals surface area contributed by atoms with Crippen molar-refractivity contribution in [2.24, 2.45) is 0 Å². The van der Waals surface area contributed by atoms with Crippen LogP contribution in [0.4, 0.5) is 0 Å². The molecule has 2 aromatic heterocycles. The van der Waals surface area contributed by atoms with Crippen LogP contribution < -0.4 is 5.32 Å². The van der Waals surface area contributed by atoms with Crippen molar-refractivity contribution in [2.75, 3.05) is 6.54 Å². The second-order valence-corrected chi connectivity index (χ2v) is 6.38. The quantitative estimate of drug-likeness (QED) is 0.569. The van der Waals surface area contributed by atoms with Crippen molar-refractivity contribution < 1.29 is 18.8 Å². The van der Waals surface area contributed by atoms with Crippen LogP contribution in [-0.4, -0.2) is 34.7 Å². The minimum Gasteiger partial charge on any atom is -0.449 e. The lowest BCUT2D eigenvalue weighted by molar-refractivity contribution is -0.129. The SMILES string of the molecule is CCCNC(=O)C(C)OC(=O)c1cccnc1SCc1cc(C)on1. The number of aryl methyl sites for hydroxylation is 1. The number of nitrogens with one attached hydrogen (secondary N) is 1. The van der Waals surface area contributed by atoms with Crippen molar-refractivity contribution in [3.05, 3.63) is 41.4 Å². The number of nitrogens with zero attached hydrogens (tertiary/aromatic N) is 2. The summed E-state index contributed by atoms with van der Waals surface area (Å²) in [5.74, 6) is 0.349. The van der Waals surface area contributed by atoms with E-state index < -0.39 is 12.1 Å². The second kappa shape index (κ2) is 9.22. The highest BCUT2D eigenvalue weighted by Gasteiger charge is 2.21. The third-order valence-electron chi connectivity index (χ3n) is 3.23. The first-order valence-electron chi connectivity index (χ1n) is 8.00. The van der Waals surface area contributed by atoms with Gasteiger partial charge in [-0.15, -0.1) is 0 Å². The molecule has 25 heavy (non-hydrogen) atoms. The minimum atomic E-state index is -0.865. The molecular formula is C17H21N3O4S. The lowest BCUT2D eigenvalue weighted by atomic mass is 10.3. The Morgan fingerprint density at radius 1 is 1.44 bits per heavy atom. The van der Waals surface area contributed by atoms with Crippen LogP contribution >= 0.6 is 11.8 Å². The van der Waals surface area contributed by atoms with Crippen molar-refractivity contribution in [1.82, 2.24) is 15.5 Å². The molecule has 0 fully saturated rings. The molecule has 2 aromatic rings. The number of pyridine rings is 1. The average molecular weight is 363 g/mol. The van der Waals surface area contributed by atoms with Crippen molar-refractivity contribution in [3.63, 3.8) is 0 Å². The van der Waals surface area contributed by atoms with Gasteiger partial charge < -0.3 is 14.6 Å². The number of amides is 1. The van der Waals surface area contributed by atoms with Gasteiger partial charge in [-0.2, -0.15) is 0 Å². The topological polar surface area (TPSA) is 94.3 Å². The number of rotatable bonds is 8. The summed E-state index contributed by atoms with van der Waals surface area (Å²) >= 11 is 1.36. The van der Waals surface area contributed by atoms with E-state index in [4.69, 9.17) is 9.26 Å². The standard InChI is InChI=1S/C17H21N3O4S/c1-4-7-18-15(21)12(3)23-17(22)14-6-5-8-19-16(14)25-10-13-9-11(2)24-20-13/h5-6,8-9,12H,4,7,10H2,1-3H3,(H,18,21). The molecule has 1 amide bonds. The van der Waals surface area contributed by atoms with Gasteiger partial charge in [-0.1, -0.05) is 23.8 Å². The summed E-state index contributed by atoms with van der Waals surface area (Å²) in [5.41, 5.74) is 1.09. The zero-order valence-electron chi connectivity index (χ0n) is 14.4. The number of aromatic nitrogens is 2. The maximum atomic E-state index is 12.4. The Morgan fingerprint density at radius 3 is 2.92 bits per heavy atom.